The van der Waals surface area contributed by atoms with Gasteiger partial charge in [0.2, 0.25) is 0 Å². The van der Waals surface area contributed by atoms with E-state index in [4.69, 9.17) is 14.2 Å². The molecule has 6 rings (SSSR count). The Morgan fingerprint density at radius 1 is 0.936 bits per heavy atom. The third kappa shape index (κ3) is 6.79. The highest BCUT2D eigenvalue weighted by atomic mass is 16.6. The molecule has 47 heavy (non-hydrogen) atoms. The quantitative estimate of drug-likeness (QED) is 0.326. The van der Waals surface area contributed by atoms with Gasteiger partial charge in [0, 0.05) is 37.9 Å². The number of likely N-dealkylation sites (tertiary alicyclic amines) is 2. The molecule has 0 radical (unpaired) electrons. The first-order valence-electron chi connectivity index (χ1n) is 16.4. The van der Waals surface area contributed by atoms with Gasteiger partial charge in [-0.1, -0.05) is 6.07 Å². The second-order valence-corrected chi connectivity index (χ2v) is 15.0. The molecule has 12 nitrogen and oxygen atoms in total. The molecular weight excluding hydrogens is 598 g/mol. The van der Waals surface area contributed by atoms with Gasteiger partial charge < -0.3 is 19.1 Å². The van der Waals surface area contributed by atoms with Crippen LogP contribution in [0.3, 0.4) is 0 Å². The van der Waals surface area contributed by atoms with Crippen LogP contribution in [0.2, 0.25) is 0 Å². The molecule has 0 N–H and O–H groups in total. The topological polar surface area (TPSA) is 115 Å². The van der Waals surface area contributed by atoms with Gasteiger partial charge in [-0.15, -0.1) is 0 Å². The predicted molar refractivity (Wildman–Crippen MR) is 178 cm³/mol. The number of amides is 2. The van der Waals surface area contributed by atoms with E-state index in [1.54, 1.807) is 14.5 Å². The van der Waals surface area contributed by atoms with Crippen molar-refractivity contribution in [2.45, 2.75) is 98.0 Å². The van der Waals surface area contributed by atoms with Crippen molar-refractivity contribution in [3.8, 4) is 17.0 Å². The number of hydrogen-bond acceptors (Lipinski definition) is 9. The fraction of sp³-hybridized carbons (Fsp3) is 0.571. The summed E-state index contributed by atoms with van der Waals surface area (Å²) in [6.07, 6.45) is 4.58. The van der Waals surface area contributed by atoms with Gasteiger partial charge in [-0.05, 0) is 104 Å². The Morgan fingerprint density at radius 3 is 2.21 bits per heavy atom. The lowest BCUT2D eigenvalue weighted by atomic mass is 9.87. The number of aryl methyl sites for hydroxylation is 3. The summed E-state index contributed by atoms with van der Waals surface area (Å²) in [5, 5.41) is 4.51. The summed E-state index contributed by atoms with van der Waals surface area (Å²) >= 11 is 0. The average Bonchev–Trinajstić information content (AvgIpc) is 3.17. The number of piperidine rings is 1. The van der Waals surface area contributed by atoms with Crippen molar-refractivity contribution in [2.24, 2.45) is 7.05 Å². The number of hydrogen-bond donors (Lipinski definition) is 0. The summed E-state index contributed by atoms with van der Waals surface area (Å²) in [6, 6.07) is 4.61. The Kier molecular flexibility index (Phi) is 8.44. The average molecular weight is 646 g/mol. The van der Waals surface area contributed by atoms with Crippen molar-refractivity contribution in [3.05, 3.63) is 47.0 Å². The van der Waals surface area contributed by atoms with E-state index < -0.39 is 17.3 Å². The number of carbonyl (C=O) groups is 2. The van der Waals surface area contributed by atoms with E-state index in [1.807, 2.05) is 68.6 Å². The lowest BCUT2D eigenvalue weighted by Crippen LogP contribution is -2.62. The van der Waals surface area contributed by atoms with E-state index in [2.05, 4.69) is 32.1 Å². The lowest BCUT2D eigenvalue weighted by Gasteiger charge is -2.47. The van der Waals surface area contributed by atoms with E-state index in [0.29, 0.717) is 53.6 Å². The van der Waals surface area contributed by atoms with Crippen LogP contribution in [0.1, 0.15) is 82.7 Å². The van der Waals surface area contributed by atoms with Crippen molar-refractivity contribution >= 4 is 23.7 Å². The molecule has 3 aliphatic rings. The van der Waals surface area contributed by atoms with Gasteiger partial charge >= 0.3 is 12.2 Å². The van der Waals surface area contributed by atoms with Gasteiger partial charge in [0.15, 0.2) is 5.82 Å². The van der Waals surface area contributed by atoms with Crippen LogP contribution in [0.25, 0.3) is 11.3 Å². The summed E-state index contributed by atoms with van der Waals surface area (Å²) in [5.74, 6) is 1.37. The molecule has 12 heteroatoms. The standard InChI is InChI=1S/C35H47N7O5/c1-21-14-24(23-10-12-40(13-11-23)25-16-41(17-25)32(43)46-34(3,4)5)15-28-30(21)45-19-27-29(26-18-39(9)38-22(26)2)36-20-37-31(27)42(28)33(44)47-35(6,7)8/h14-15,18,20,23,25H,10-13,16-17,19H2,1-9H3. The summed E-state index contributed by atoms with van der Waals surface area (Å²) in [4.78, 5) is 41.6. The van der Waals surface area contributed by atoms with Crippen LogP contribution in [-0.4, -0.2) is 85.2 Å². The van der Waals surface area contributed by atoms with Gasteiger partial charge in [0.1, 0.15) is 29.9 Å². The largest absolute Gasteiger partial charge is 0.486 e. The molecule has 0 bridgehead atoms. The maximum absolute atomic E-state index is 14.0. The minimum absolute atomic E-state index is 0.187. The number of nitrogens with zero attached hydrogens (tertiary/aromatic N) is 7. The molecule has 2 saturated heterocycles. The van der Waals surface area contributed by atoms with Crippen LogP contribution in [-0.2, 0) is 23.1 Å². The van der Waals surface area contributed by atoms with Crippen molar-refractivity contribution in [1.82, 2.24) is 29.5 Å². The third-order valence-corrected chi connectivity index (χ3v) is 8.89. The molecule has 2 aromatic heterocycles. The van der Waals surface area contributed by atoms with Gasteiger partial charge in [0.05, 0.1) is 22.6 Å². The zero-order valence-corrected chi connectivity index (χ0v) is 29.1. The number of anilines is 2. The Hall–Kier alpha value is -4.19. The first-order chi connectivity index (χ1) is 22.1. The Morgan fingerprint density at radius 2 is 1.60 bits per heavy atom. The van der Waals surface area contributed by atoms with Crippen molar-refractivity contribution in [2.75, 3.05) is 31.1 Å². The fourth-order valence-corrected chi connectivity index (χ4v) is 6.68. The van der Waals surface area contributed by atoms with Crippen molar-refractivity contribution < 1.29 is 23.8 Å². The molecule has 252 valence electrons. The molecule has 1 aromatic carbocycles. The smallest absolute Gasteiger partial charge is 0.420 e. The molecule has 3 aromatic rings. The maximum atomic E-state index is 14.0. The van der Waals surface area contributed by atoms with Gasteiger partial charge in [0.25, 0.3) is 0 Å². The Labute approximate surface area is 277 Å². The van der Waals surface area contributed by atoms with E-state index in [0.717, 1.165) is 48.3 Å². The van der Waals surface area contributed by atoms with Crippen LogP contribution >= 0.6 is 0 Å². The van der Waals surface area contributed by atoms with E-state index in [1.165, 1.54) is 6.33 Å². The zero-order chi connectivity index (χ0) is 33.8. The second-order valence-electron chi connectivity index (χ2n) is 15.0. The molecule has 0 unspecified atom stereocenters. The molecule has 0 atom stereocenters. The minimum Gasteiger partial charge on any atom is -0.486 e. The van der Waals surface area contributed by atoms with Gasteiger partial charge in [-0.3, -0.25) is 9.58 Å². The van der Waals surface area contributed by atoms with Crippen LogP contribution in [0.4, 0.5) is 21.1 Å². The lowest BCUT2D eigenvalue weighted by molar-refractivity contribution is -0.0196. The molecule has 0 spiro atoms. The number of ether oxygens (including phenoxy) is 3. The SMILES string of the molecule is Cc1cc(C2CCN(C3CN(C(=O)OC(C)(C)C)C3)CC2)cc2c1OCc1c(-c3cn(C)nc3C)ncnc1N2C(=O)OC(C)(C)C. The van der Waals surface area contributed by atoms with E-state index in [-0.39, 0.29) is 12.7 Å². The van der Waals surface area contributed by atoms with E-state index >= 15 is 0 Å². The monoisotopic (exact) mass is 645 g/mol. The van der Waals surface area contributed by atoms with Crippen LogP contribution < -0.4 is 9.64 Å². The molecule has 0 aliphatic carbocycles. The predicted octanol–water partition coefficient (Wildman–Crippen LogP) is 6.26. The van der Waals surface area contributed by atoms with Crippen molar-refractivity contribution in [1.29, 1.82) is 0 Å². The number of fused-ring (bicyclic) bond motifs is 2. The number of rotatable bonds is 3. The highest BCUT2D eigenvalue weighted by Gasteiger charge is 2.39. The molecule has 2 amide bonds. The Bertz CT molecular complexity index is 1670. The molecule has 5 heterocycles. The maximum Gasteiger partial charge on any atom is 0.420 e. The number of carbonyl (C=O) groups excluding carboxylic acids is 2. The highest BCUT2D eigenvalue weighted by molar-refractivity contribution is 5.99. The third-order valence-electron chi connectivity index (χ3n) is 8.89. The van der Waals surface area contributed by atoms with Crippen molar-refractivity contribution in [3.63, 3.8) is 0 Å². The normalized spacial score (nSPS) is 17.7. The van der Waals surface area contributed by atoms with Gasteiger partial charge in [-0.2, -0.15) is 5.10 Å². The molecular formula is C35H47N7O5. The van der Waals surface area contributed by atoms with Crippen LogP contribution in [0.5, 0.6) is 5.75 Å². The minimum atomic E-state index is -0.722. The van der Waals surface area contributed by atoms with E-state index in [9.17, 15) is 9.59 Å². The summed E-state index contributed by atoms with van der Waals surface area (Å²) in [5.41, 5.74) is 4.55. The van der Waals surface area contributed by atoms with Gasteiger partial charge in [-0.25, -0.2) is 24.5 Å². The molecule has 3 aliphatic heterocycles. The summed E-state index contributed by atoms with van der Waals surface area (Å²) < 4.78 is 19.7. The molecule has 0 saturated carbocycles. The highest BCUT2D eigenvalue weighted by Crippen LogP contribution is 2.46. The van der Waals surface area contributed by atoms with Crippen LogP contribution in [0, 0.1) is 13.8 Å². The number of benzene rings is 1. The summed E-state index contributed by atoms with van der Waals surface area (Å²) in [6.45, 7) is 18.7. The first-order valence-corrected chi connectivity index (χ1v) is 16.4. The second kappa shape index (κ2) is 12.1. The van der Waals surface area contributed by atoms with Crippen LogP contribution in [0.15, 0.2) is 24.7 Å². The fourth-order valence-electron chi connectivity index (χ4n) is 6.68. The molecule has 2 fully saturated rings. The zero-order valence-electron chi connectivity index (χ0n) is 29.1. The number of aromatic nitrogens is 4. The summed E-state index contributed by atoms with van der Waals surface area (Å²) in [7, 11) is 1.87. The Balaban J connectivity index is 1.27. The first kappa shape index (κ1) is 32.7.